The average molecular weight is 419 g/mol. The third-order valence-electron chi connectivity index (χ3n) is 3.36. The molecule has 0 fully saturated rings. The van der Waals surface area contributed by atoms with Crippen molar-refractivity contribution in [3.63, 3.8) is 0 Å². The van der Waals surface area contributed by atoms with Gasteiger partial charge in [-0.3, -0.25) is 14.2 Å². The SMILES string of the molecule is CCn1ncc(Br)c1CNC(=O)C(C)n1ncc(Br)c1C. The van der Waals surface area contributed by atoms with Crippen molar-refractivity contribution in [3.05, 3.63) is 32.7 Å². The second kappa shape index (κ2) is 6.74. The Hall–Kier alpha value is -1.15. The number of hydrogen-bond donors (Lipinski definition) is 1. The highest BCUT2D eigenvalue weighted by Gasteiger charge is 2.19. The highest BCUT2D eigenvalue weighted by molar-refractivity contribution is 9.10. The number of amides is 1. The van der Waals surface area contributed by atoms with Crippen molar-refractivity contribution in [3.8, 4) is 0 Å². The molecule has 0 radical (unpaired) electrons. The lowest BCUT2D eigenvalue weighted by Crippen LogP contribution is -2.32. The van der Waals surface area contributed by atoms with Crippen molar-refractivity contribution in [2.75, 3.05) is 0 Å². The Balaban J connectivity index is 2.05. The minimum absolute atomic E-state index is 0.0792. The summed E-state index contributed by atoms with van der Waals surface area (Å²) >= 11 is 6.85. The molecule has 0 aliphatic rings. The summed E-state index contributed by atoms with van der Waals surface area (Å²) in [6, 6.07) is -0.368. The number of nitrogens with zero attached hydrogens (tertiary/aromatic N) is 4. The summed E-state index contributed by atoms with van der Waals surface area (Å²) in [5.74, 6) is -0.0792. The van der Waals surface area contributed by atoms with Crippen LogP contribution in [0.5, 0.6) is 0 Å². The summed E-state index contributed by atoms with van der Waals surface area (Å²) in [7, 11) is 0. The van der Waals surface area contributed by atoms with Gasteiger partial charge in [-0.05, 0) is 52.6 Å². The van der Waals surface area contributed by atoms with Crippen molar-refractivity contribution in [2.24, 2.45) is 0 Å². The van der Waals surface area contributed by atoms with Crippen LogP contribution in [0.2, 0.25) is 0 Å². The maximum Gasteiger partial charge on any atom is 0.244 e. The molecule has 1 N–H and O–H groups in total. The molecular formula is C13H17Br2N5O. The molecule has 0 saturated heterocycles. The van der Waals surface area contributed by atoms with Gasteiger partial charge in [0.1, 0.15) is 6.04 Å². The van der Waals surface area contributed by atoms with Gasteiger partial charge in [-0.2, -0.15) is 10.2 Å². The normalized spacial score (nSPS) is 12.4. The van der Waals surface area contributed by atoms with Crippen LogP contribution in [0.15, 0.2) is 21.3 Å². The predicted molar refractivity (Wildman–Crippen MR) is 86.8 cm³/mol. The molecule has 0 aliphatic carbocycles. The van der Waals surface area contributed by atoms with Gasteiger partial charge in [0.25, 0.3) is 0 Å². The summed E-state index contributed by atoms with van der Waals surface area (Å²) in [6.07, 6.45) is 3.44. The van der Waals surface area contributed by atoms with E-state index in [1.807, 2.05) is 25.5 Å². The van der Waals surface area contributed by atoms with Gasteiger partial charge in [0.05, 0.1) is 39.3 Å². The number of rotatable bonds is 5. The van der Waals surface area contributed by atoms with Crippen LogP contribution in [0.3, 0.4) is 0 Å². The first kappa shape index (κ1) is 16.2. The smallest absolute Gasteiger partial charge is 0.244 e. The maximum atomic E-state index is 12.3. The molecule has 0 spiro atoms. The molecule has 21 heavy (non-hydrogen) atoms. The van der Waals surface area contributed by atoms with Crippen molar-refractivity contribution >= 4 is 37.8 Å². The minimum Gasteiger partial charge on any atom is -0.349 e. The predicted octanol–water partition coefficient (Wildman–Crippen LogP) is 2.81. The molecule has 2 aromatic heterocycles. The van der Waals surface area contributed by atoms with E-state index in [1.54, 1.807) is 17.1 Å². The van der Waals surface area contributed by atoms with Crippen molar-refractivity contribution in [1.82, 2.24) is 24.9 Å². The quantitative estimate of drug-likeness (QED) is 0.811. The molecule has 0 bridgehead atoms. The van der Waals surface area contributed by atoms with E-state index in [9.17, 15) is 4.79 Å². The zero-order valence-corrected chi connectivity index (χ0v) is 15.3. The van der Waals surface area contributed by atoms with E-state index in [0.29, 0.717) is 6.54 Å². The second-order valence-corrected chi connectivity index (χ2v) is 6.38. The van der Waals surface area contributed by atoms with Crippen LogP contribution in [-0.2, 0) is 17.9 Å². The zero-order chi connectivity index (χ0) is 15.6. The second-order valence-electron chi connectivity index (χ2n) is 4.67. The Morgan fingerprint density at radius 1 is 1.33 bits per heavy atom. The summed E-state index contributed by atoms with van der Waals surface area (Å²) in [4.78, 5) is 12.3. The topological polar surface area (TPSA) is 64.7 Å². The molecule has 2 rings (SSSR count). The van der Waals surface area contributed by atoms with Gasteiger partial charge < -0.3 is 5.32 Å². The standard InChI is InChI=1S/C13H17Br2N5O/c1-4-19-12(11(15)6-17-19)7-16-13(21)9(3)20-8(2)10(14)5-18-20/h5-6,9H,4,7H2,1-3H3,(H,16,21). The van der Waals surface area contributed by atoms with Crippen LogP contribution in [0, 0.1) is 6.92 Å². The first-order valence-corrected chi connectivity index (χ1v) is 8.21. The summed E-state index contributed by atoms with van der Waals surface area (Å²) in [5, 5.41) is 11.4. The first-order chi connectivity index (χ1) is 9.95. The fourth-order valence-electron chi connectivity index (χ4n) is 2.06. The number of carbonyl (C=O) groups is 1. The van der Waals surface area contributed by atoms with Crippen LogP contribution >= 0.6 is 31.9 Å². The van der Waals surface area contributed by atoms with Crippen LogP contribution in [0.25, 0.3) is 0 Å². The molecule has 6 nitrogen and oxygen atoms in total. The third kappa shape index (κ3) is 3.37. The molecule has 2 aromatic rings. The van der Waals surface area contributed by atoms with Gasteiger partial charge in [0.2, 0.25) is 5.91 Å². The van der Waals surface area contributed by atoms with Crippen LogP contribution in [-0.4, -0.2) is 25.5 Å². The van der Waals surface area contributed by atoms with Gasteiger partial charge in [-0.25, -0.2) is 0 Å². The lowest BCUT2D eigenvalue weighted by molar-refractivity contribution is -0.124. The van der Waals surface area contributed by atoms with Gasteiger partial charge in [-0.1, -0.05) is 0 Å². The van der Waals surface area contributed by atoms with Crippen LogP contribution < -0.4 is 5.32 Å². The molecule has 8 heteroatoms. The fraction of sp³-hybridized carbons (Fsp3) is 0.462. The lowest BCUT2D eigenvalue weighted by Gasteiger charge is -2.15. The van der Waals surface area contributed by atoms with E-state index in [-0.39, 0.29) is 11.9 Å². The molecule has 2 heterocycles. The number of aromatic nitrogens is 4. The van der Waals surface area contributed by atoms with Gasteiger partial charge in [0, 0.05) is 6.54 Å². The Kier molecular flexibility index (Phi) is 5.21. The molecule has 1 amide bonds. The molecule has 0 aromatic carbocycles. The highest BCUT2D eigenvalue weighted by atomic mass is 79.9. The number of aryl methyl sites for hydroxylation is 1. The molecular weight excluding hydrogens is 402 g/mol. The highest BCUT2D eigenvalue weighted by Crippen LogP contribution is 2.19. The van der Waals surface area contributed by atoms with E-state index in [2.05, 4.69) is 47.4 Å². The minimum atomic E-state index is -0.368. The van der Waals surface area contributed by atoms with E-state index in [0.717, 1.165) is 26.9 Å². The van der Waals surface area contributed by atoms with Crippen LogP contribution in [0.4, 0.5) is 0 Å². The Morgan fingerprint density at radius 2 is 2.00 bits per heavy atom. The number of hydrogen-bond acceptors (Lipinski definition) is 3. The van der Waals surface area contributed by atoms with Gasteiger partial charge in [0.15, 0.2) is 0 Å². The van der Waals surface area contributed by atoms with E-state index >= 15 is 0 Å². The van der Waals surface area contributed by atoms with Crippen molar-refractivity contribution < 1.29 is 4.79 Å². The molecule has 114 valence electrons. The Labute approximate surface area is 140 Å². The first-order valence-electron chi connectivity index (χ1n) is 6.63. The lowest BCUT2D eigenvalue weighted by atomic mass is 10.3. The van der Waals surface area contributed by atoms with Crippen molar-refractivity contribution in [2.45, 2.75) is 39.9 Å². The van der Waals surface area contributed by atoms with E-state index in [1.165, 1.54) is 0 Å². The molecule has 0 aliphatic heterocycles. The monoisotopic (exact) mass is 417 g/mol. The Bertz CT molecular complexity index is 649. The largest absolute Gasteiger partial charge is 0.349 e. The number of nitrogens with one attached hydrogen (secondary N) is 1. The van der Waals surface area contributed by atoms with E-state index < -0.39 is 0 Å². The number of halogens is 2. The summed E-state index contributed by atoms with van der Waals surface area (Å²) < 4.78 is 5.35. The average Bonchev–Trinajstić information content (AvgIpc) is 2.99. The van der Waals surface area contributed by atoms with Crippen molar-refractivity contribution in [1.29, 1.82) is 0 Å². The van der Waals surface area contributed by atoms with Crippen LogP contribution in [0.1, 0.15) is 31.3 Å². The number of carbonyl (C=O) groups excluding carboxylic acids is 1. The molecule has 1 atom stereocenters. The zero-order valence-electron chi connectivity index (χ0n) is 12.1. The van der Waals surface area contributed by atoms with Gasteiger partial charge >= 0.3 is 0 Å². The fourth-order valence-corrected chi connectivity index (χ4v) is 2.77. The maximum absolute atomic E-state index is 12.3. The van der Waals surface area contributed by atoms with E-state index in [4.69, 9.17) is 0 Å². The van der Waals surface area contributed by atoms with Gasteiger partial charge in [-0.15, -0.1) is 0 Å². The summed E-state index contributed by atoms with van der Waals surface area (Å²) in [6.45, 7) is 6.95. The molecule has 1 unspecified atom stereocenters. The summed E-state index contributed by atoms with van der Waals surface area (Å²) in [5.41, 5.74) is 1.88. The molecule has 0 saturated carbocycles. The third-order valence-corrected chi connectivity index (χ3v) is 4.80. The Morgan fingerprint density at radius 3 is 2.57 bits per heavy atom.